The molecule has 1 aliphatic rings. The third-order valence-corrected chi connectivity index (χ3v) is 3.68. The van der Waals surface area contributed by atoms with E-state index in [1.54, 1.807) is 0 Å². The first kappa shape index (κ1) is 12.0. The van der Waals surface area contributed by atoms with Crippen LogP contribution in [0.5, 0.6) is 0 Å². The van der Waals surface area contributed by atoms with Gasteiger partial charge in [0.2, 0.25) is 0 Å². The van der Waals surface area contributed by atoms with E-state index in [-0.39, 0.29) is 0 Å². The molecule has 0 bridgehead atoms. The monoisotopic (exact) mass is 198 g/mol. The van der Waals surface area contributed by atoms with E-state index in [1.165, 1.54) is 25.9 Å². The molecule has 1 aliphatic heterocycles. The molecule has 3 atom stereocenters. The lowest BCUT2D eigenvalue weighted by atomic mass is 9.87. The number of hydrogen-bond acceptors (Lipinski definition) is 2. The summed E-state index contributed by atoms with van der Waals surface area (Å²) in [5.41, 5.74) is 0. The van der Waals surface area contributed by atoms with Crippen LogP contribution >= 0.6 is 0 Å². The van der Waals surface area contributed by atoms with Crippen molar-refractivity contribution in [2.24, 2.45) is 5.92 Å². The van der Waals surface area contributed by atoms with Gasteiger partial charge in [0.1, 0.15) is 0 Å². The van der Waals surface area contributed by atoms with E-state index in [9.17, 15) is 0 Å². The fourth-order valence-electron chi connectivity index (χ4n) is 2.59. The van der Waals surface area contributed by atoms with E-state index in [2.05, 4.69) is 37.9 Å². The highest BCUT2D eigenvalue weighted by Crippen LogP contribution is 2.23. The van der Waals surface area contributed by atoms with Crippen LogP contribution in [0, 0.1) is 5.92 Å². The molecule has 0 amide bonds. The quantitative estimate of drug-likeness (QED) is 0.744. The summed E-state index contributed by atoms with van der Waals surface area (Å²) in [5, 5.41) is 3.60. The van der Waals surface area contributed by atoms with Gasteiger partial charge in [0.25, 0.3) is 0 Å². The molecule has 0 aromatic carbocycles. The number of nitrogens with one attached hydrogen (secondary N) is 1. The van der Waals surface area contributed by atoms with Crippen LogP contribution in [0.4, 0.5) is 0 Å². The summed E-state index contributed by atoms with van der Waals surface area (Å²) in [6.07, 6.45) is 2.60. The molecule has 2 nitrogen and oxygen atoms in total. The van der Waals surface area contributed by atoms with E-state index >= 15 is 0 Å². The molecule has 1 N–H and O–H groups in total. The Hall–Kier alpha value is -0.0800. The first-order valence-corrected chi connectivity index (χ1v) is 6.18. The Morgan fingerprint density at radius 2 is 2.00 bits per heavy atom. The molecule has 2 heteroatoms. The Morgan fingerprint density at radius 3 is 2.57 bits per heavy atom. The van der Waals surface area contributed by atoms with Gasteiger partial charge in [0.15, 0.2) is 0 Å². The van der Waals surface area contributed by atoms with Gasteiger partial charge in [-0.25, -0.2) is 0 Å². The zero-order valence-electron chi connectivity index (χ0n) is 10.2. The molecule has 1 heterocycles. The summed E-state index contributed by atoms with van der Waals surface area (Å²) < 4.78 is 0. The highest BCUT2D eigenvalue weighted by atomic mass is 15.2. The van der Waals surface area contributed by atoms with E-state index in [4.69, 9.17) is 0 Å². The third-order valence-electron chi connectivity index (χ3n) is 3.68. The fraction of sp³-hybridized carbons (Fsp3) is 1.00. The van der Waals surface area contributed by atoms with Crippen molar-refractivity contribution in [3.05, 3.63) is 0 Å². The molecule has 84 valence electrons. The second-order valence-corrected chi connectivity index (χ2v) is 4.59. The molecule has 0 aromatic heterocycles. The van der Waals surface area contributed by atoms with Crippen LogP contribution in [0.15, 0.2) is 0 Å². The van der Waals surface area contributed by atoms with Gasteiger partial charge in [-0.2, -0.15) is 0 Å². The summed E-state index contributed by atoms with van der Waals surface area (Å²) >= 11 is 0. The van der Waals surface area contributed by atoms with Crippen LogP contribution in [-0.2, 0) is 0 Å². The minimum Gasteiger partial charge on any atom is -0.314 e. The predicted octanol–water partition coefficient (Wildman–Crippen LogP) is 2.10. The zero-order chi connectivity index (χ0) is 10.6. The van der Waals surface area contributed by atoms with Crippen molar-refractivity contribution in [1.82, 2.24) is 10.2 Å². The van der Waals surface area contributed by atoms with E-state index in [0.717, 1.165) is 24.5 Å². The fourth-order valence-corrected chi connectivity index (χ4v) is 2.59. The maximum absolute atomic E-state index is 3.60. The summed E-state index contributed by atoms with van der Waals surface area (Å²) in [7, 11) is 0. The van der Waals surface area contributed by atoms with E-state index in [1.807, 2.05) is 0 Å². The molecule has 14 heavy (non-hydrogen) atoms. The maximum atomic E-state index is 3.60. The van der Waals surface area contributed by atoms with Crippen molar-refractivity contribution in [1.29, 1.82) is 0 Å². The van der Waals surface area contributed by atoms with E-state index in [0.29, 0.717) is 0 Å². The van der Waals surface area contributed by atoms with Crippen LogP contribution in [-0.4, -0.2) is 36.6 Å². The van der Waals surface area contributed by atoms with E-state index < -0.39 is 0 Å². The van der Waals surface area contributed by atoms with Gasteiger partial charge < -0.3 is 10.2 Å². The van der Waals surface area contributed by atoms with Gasteiger partial charge in [0.05, 0.1) is 0 Å². The number of hydrogen-bond donors (Lipinski definition) is 1. The summed E-state index contributed by atoms with van der Waals surface area (Å²) in [4.78, 5) is 2.64. The lowest BCUT2D eigenvalue weighted by Gasteiger charge is -2.43. The predicted molar refractivity (Wildman–Crippen MR) is 62.6 cm³/mol. The van der Waals surface area contributed by atoms with Crippen molar-refractivity contribution >= 4 is 0 Å². The number of nitrogens with zero attached hydrogens (tertiary/aromatic N) is 1. The van der Waals surface area contributed by atoms with Crippen molar-refractivity contribution in [2.45, 2.75) is 52.6 Å². The summed E-state index contributed by atoms with van der Waals surface area (Å²) in [6.45, 7) is 12.9. The second-order valence-electron chi connectivity index (χ2n) is 4.59. The average molecular weight is 198 g/mol. The van der Waals surface area contributed by atoms with Gasteiger partial charge in [-0.05, 0) is 45.3 Å². The largest absolute Gasteiger partial charge is 0.314 e. The molecule has 0 spiro atoms. The molecule has 1 fully saturated rings. The van der Waals surface area contributed by atoms with Gasteiger partial charge in [0, 0.05) is 12.1 Å². The molecule has 1 rings (SSSR count). The first-order chi connectivity index (χ1) is 6.70. The summed E-state index contributed by atoms with van der Waals surface area (Å²) in [5.74, 6) is 0.787. The Balaban J connectivity index is 2.46. The lowest BCUT2D eigenvalue weighted by molar-refractivity contribution is 0.0858. The Bertz CT molecular complexity index is 140. The highest BCUT2D eigenvalue weighted by Gasteiger charge is 2.30. The third kappa shape index (κ3) is 2.71. The smallest absolute Gasteiger partial charge is 0.0120 e. The Morgan fingerprint density at radius 1 is 1.29 bits per heavy atom. The molecular formula is C12H26N2. The molecular weight excluding hydrogens is 172 g/mol. The molecule has 0 radical (unpaired) electrons. The van der Waals surface area contributed by atoms with Crippen LogP contribution in [0.1, 0.15) is 40.5 Å². The number of piperidine rings is 1. The van der Waals surface area contributed by atoms with Gasteiger partial charge in [-0.3, -0.25) is 0 Å². The SMILES string of the molecule is CCCN1CCC(NCC)C(C)C1C. The minimum atomic E-state index is 0.739. The maximum Gasteiger partial charge on any atom is 0.0120 e. The van der Waals surface area contributed by atoms with Crippen molar-refractivity contribution in [3.63, 3.8) is 0 Å². The molecule has 0 saturated carbocycles. The van der Waals surface area contributed by atoms with Crippen LogP contribution < -0.4 is 5.32 Å². The van der Waals surface area contributed by atoms with Gasteiger partial charge >= 0.3 is 0 Å². The Labute approximate surface area is 89.1 Å². The van der Waals surface area contributed by atoms with Crippen molar-refractivity contribution in [2.75, 3.05) is 19.6 Å². The van der Waals surface area contributed by atoms with Gasteiger partial charge in [-0.15, -0.1) is 0 Å². The number of rotatable bonds is 4. The lowest BCUT2D eigenvalue weighted by Crippen LogP contribution is -2.53. The van der Waals surface area contributed by atoms with Crippen LogP contribution in [0.3, 0.4) is 0 Å². The normalized spacial score (nSPS) is 34.7. The van der Waals surface area contributed by atoms with Crippen molar-refractivity contribution in [3.8, 4) is 0 Å². The molecule has 0 aliphatic carbocycles. The van der Waals surface area contributed by atoms with Gasteiger partial charge in [-0.1, -0.05) is 20.8 Å². The average Bonchev–Trinajstić information content (AvgIpc) is 2.18. The minimum absolute atomic E-state index is 0.739. The number of likely N-dealkylation sites (tertiary alicyclic amines) is 1. The molecule has 3 unspecified atom stereocenters. The van der Waals surface area contributed by atoms with Crippen LogP contribution in [0.25, 0.3) is 0 Å². The first-order valence-electron chi connectivity index (χ1n) is 6.18. The summed E-state index contributed by atoms with van der Waals surface area (Å²) in [6, 6.07) is 1.48. The van der Waals surface area contributed by atoms with Crippen molar-refractivity contribution < 1.29 is 0 Å². The molecule has 0 aromatic rings. The topological polar surface area (TPSA) is 15.3 Å². The standard InChI is InChI=1S/C12H26N2/c1-5-8-14-9-7-12(13-6-2)10(3)11(14)4/h10-13H,5-9H2,1-4H3. The zero-order valence-corrected chi connectivity index (χ0v) is 10.2. The Kier molecular flexibility index (Phi) is 4.90. The van der Waals surface area contributed by atoms with Crippen LogP contribution in [0.2, 0.25) is 0 Å². The second kappa shape index (κ2) is 5.72. The molecule has 1 saturated heterocycles. The highest BCUT2D eigenvalue weighted by molar-refractivity contribution is 4.88.